The SMILES string of the molecule is C#CCO[C@H]1[C@@H](O)[C@@H](CO)O[C@@H](O[C@H]2[C@H](O)[C@@H](NC(C)=O)[C@H](O)O[C@@H]2CO)[C@@H]1O. The Morgan fingerprint density at radius 1 is 1.03 bits per heavy atom. The molecule has 0 aromatic heterocycles. The van der Waals surface area contributed by atoms with Crippen molar-refractivity contribution in [2.45, 2.75) is 68.3 Å². The van der Waals surface area contributed by atoms with Crippen molar-refractivity contribution in [3.63, 3.8) is 0 Å². The van der Waals surface area contributed by atoms with Crippen molar-refractivity contribution in [1.82, 2.24) is 5.32 Å². The van der Waals surface area contributed by atoms with Crippen molar-refractivity contribution in [2.24, 2.45) is 0 Å². The lowest BCUT2D eigenvalue weighted by atomic mass is 9.95. The number of ether oxygens (including phenoxy) is 4. The summed E-state index contributed by atoms with van der Waals surface area (Å²) in [6, 6.07) is -1.28. The van der Waals surface area contributed by atoms with Gasteiger partial charge in [0.2, 0.25) is 5.91 Å². The van der Waals surface area contributed by atoms with Crippen molar-refractivity contribution >= 4 is 5.91 Å². The third-order valence-corrected chi connectivity index (χ3v) is 4.71. The second-order valence-corrected chi connectivity index (χ2v) is 6.75. The second kappa shape index (κ2) is 10.6. The van der Waals surface area contributed by atoms with Crippen LogP contribution in [0.25, 0.3) is 0 Å². The van der Waals surface area contributed by atoms with Crippen LogP contribution in [0.2, 0.25) is 0 Å². The number of nitrogens with one attached hydrogen (secondary N) is 1. The molecule has 0 spiro atoms. The molecule has 1 amide bonds. The molecule has 2 fully saturated rings. The predicted octanol–water partition coefficient (Wildman–Crippen LogP) is -4.60. The Hall–Kier alpha value is -1.37. The smallest absolute Gasteiger partial charge is 0.217 e. The van der Waals surface area contributed by atoms with E-state index in [2.05, 4.69) is 11.2 Å². The maximum Gasteiger partial charge on any atom is 0.217 e. The van der Waals surface area contributed by atoms with Crippen molar-refractivity contribution in [3.05, 3.63) is 0 Å². The Labute approximate surface area is 166 Å². The molecule has 0 radical (unpaired) electrons. The molecule has 2 saturated heterocycles. The van der Waals surface area contributed by atoms with E-state index in [1.54, 1.807) is 0 Å². The third kappa shape index (κ3) is 5.41. The Morgan fingerprint density at radius 2 is 1.69 bits per heavy atom. The van der Waals surface area contributed by atoms with Crippen LogP contribution in [0.5, 0.6) is 0 Å². The van der Waals surface area contributed by atoms with Crippen molar-refractivity contribution in [2.75, 3.05) is 19.8 Å². The number of rotatable bonds is 7. The van der Waals surface area contributed by atoms with Crippen LogP contribution in [0.3, 0.4) is 0 Å². The summed E-state index contributed by atoms with van der Waals surface area (Å²) in [4.78, 5) is 11.3. The van der Waals surface area contributed by atoms with Gasteiger partial charge >= 0.3 is 0 Å². The third-order valence-electron chi connectivity index (χ3n) is 4.71. The topological polar surface area (TPSA) is 187 Å². The summed E-state index contributed by atoms with van der Waals surface area (Å²) in [6.45, 7) is -0.377. The van der Waals surface area contributed by atoms with Gasteiger partial charge in [-0.15, -0.1) is 6.42 Å². The van der Waals surface area contributed by atoms with E-state index in [9.17, 15) is 35.4 Å². The van der Waals surface area contributed by atoms with E-state index in [4.69, 9.17) is 25.4 Å². The maximum absolute atomic E-state index is 11.3. The summed E-state index contributed by atoms with van der Waals surface area (Å²) >= 11 is 0. The maximum atomic E-state index is 11.3. The predicted molar refractivity (Wildman–Crippen MR) is 92.8 cm³/mol. The first-order chi connectivity index (χ1) is 13.7. The number of carbonyl (C=O) groups excluding carboxylic acids is 1. The van der Waals surface area contributed by atoms with Gasteiger partial charge in [0.05, 0.1) is 13.2 Å². The fourth-order valence-corrected chi connectivity index (χ4v) is 3.30. The fourth-order valence-electron chi connectivity index (χ4n) is 3.30. The van der Waals surface area contributed by atoms with Crippen molar-refractivity contribution in [3.8, 4) is 12.3 Å². The van der Waals surface area contributed by atoms with Gasteiger partial charge in [0.1, 0.15) is 55.4 Å². The first-order valence-electron chi connectivity index (χ1n) is 8.97. The molecule has 2 rings (SSSR count). The molecule has 2 aliphatic rings. The highest BCUT2D eigenvalue weighted by atomic mass is 16.7. The van der Waals surface area contributed by atoms with Crippen LogP contribution >= 0.6 is 0 Å². The highest BCUT2D eigenvalue weighted by Crippen LogP contribution is 2.29. The molecule has 0 saturated carbocycles. The van der Waals surface area contributed by atoms with Gasteiger partial charge < -0.3 is 54.9 Å². The Balaban J connectivity index is 2.20. The van der Waals surface area contributed by atoms with Gasteiger partial charge in [-0.2, -0.15) is 0 Å². The molecule has 29 heavy (non-hydrogen) atoms. The molecule has 0 unspecified atom stereocenters. The molecular formula is C17H27NO11. The minimum Gasteiger partial charge on any atom is -0.394 e. The largest absolute Gasteiger partial charge is 0.394 e. The lowest BCUT2D eigenvalue weighted by Gasteiger charge is -2.46. The van der Waals surface area contributed by atoms with E-state index in [1.807, 2.05) is 0 Å². The molecule has 12 heteroatoms. The number of aliphatic hydroxyl groups is 6. The molecule has 0 aromatic rings. The van der Waals surface area contributed by atoms with E-state index in [0.29, 0.717) is 0 Å². The zero-order valence-corrected chi connectivity index (χ0v) is 15.7. The van der Waals surface area contributed by atoms with E-state index in [-0.39, 0.29) is 6.61 Å². The minimum atomic E-state index is -1.62. The summed E-state index contributed by atoms with van der Waals surface area (Å²) < 4.78 is 21.4. The molecule has 0 bridgehead atoms. The molecule has 0 aliphatic carbocycles. The molecule has 2 aliphatic heterocycles. The van der Waals surface area contributed by atoms with Crippen LogP contribution in [0.1, 0.15) is 6.92 Å². The Morgan fingerprint density at radius 3 is 2.24 bits per heavy atom. The summed E-state index contributed by atoms with van der Waals surface area (Å²) in [7, 11) is 0. The first kappa shape index (κ1) is 23.9. The minimum absolute atomic E-state index is 0.241. The molecular weight excluding hydrogens is 394 g/mol. The lowest BCUT2D eigenvalue weighted by molar-refractivity contribution is -0.347. The van der Waals surface area contributed by atoms with Crippen LogP contribution in [-0.4, -0.2) is 118 Å². The molecule has 10 atom stereocenters. The van der Waals surface area contributed by atoms with Crippen LogP contribution < -0.4 is 5.32 Å². The van der Waals surface area contributed by atoms with Crippen LogP contribution in [0.4, 0.5) is 0 Å². The molecule has 0 aromatic carbocycles. The monoisotopic (exact) mass is 421 g/mol. The average molecular weight is 421 g/mol. The van der Waals surface area contributed by atoms with Gasteiger partial charge in [-0.1, -0.05) is 5.92 Å². The summed E-state index contributed by atoms with van der Waals surface area (Å²) in [5.74, 6) is 1.63. The van der Waals surface area contributed by atoms with Gasteiger partial charge in [-0.25, -0.2) is 0 Å². The van der Waals surface area contributed by atoms with Gasteiger partial charge in [-0.05, 0) is 0 Å². The summed E-state index contributed by atoms with van der Waals surface area (Å²) in [5.41, 5.74) is 0. The number of aliphatic hydroxyl groups excluding tert-OH is 6. The summed E-state index contributed by atoms with van der Waals surface area (Å²) in [5, 5.41) is 62.5. The van der Waals surface area contributed by atoms with Gasteiger partial charge in [0.25, 0.3) is 0 Å². The average Bonchev–Trinajstić information content (AvgIpc) is 2.68. The number of terminal acetylenes is 1. The quantitative estimate of drug-likeness (QED) is 0.196. The number of amides is 1. The van der Waals surface area contributed by atoms with Crippen LogP contribution in [0, 0.1) is 12.3 Å². The van der Waals surface area contributed by atoms with E-state index >= 15 is 0 Å². The fraction of sp³-hybridized carbons (Fsp3) is 0.824. The van der Waals surface area contributed by atoms with E-state index in [1.165, 1.54) is 6.92 Å². The van der Waals surface area contributed by atoms with Crippen molar-refractivity contribution in [1.29, 1.82) is 0 Å². The zero-order chi connectivity index (χ0) is 21.7. The Kier molecular flexibility index (Phi) is 8.73. The van der Waals surface area contributed by atoms with Gasteiger partial charge in [0.15, 0.2) is 12.6 Å². The highest BCUT2D eigenvalue weighted by Gasteiger charge is 2.51. The molecule has 7 N–H and O–H groups in total. The highest BCUT2D eigenvalue weighted by molar-refractivity contribution is 5.73. The number of hydrogen-bond donors (Lipinski definition) is 7. The zero-order valence-electron chi connectivity index (χ0n) is 15.7. The van der Waals surface area contributed by atoms with Crippen molar-refractivity contribution < 1.29 is 54.4 Å². The standard InChI is InChI=1S/C17H27NO11/c1-3-4-26-15-11(22)8(5-19)28-17(13(15)24)29-14-9(6-20)27-16(25)10(12(14)23)18-7(2)21/h1,8-17,19-20,22-25H,4-6H2,2H3,(H,18,21)/t8-,9-,10-,11+,12-,13-,14-,15+,16-,17+/m1/s1. The molecule has 2 heterocycles. The van der Waals surface area contributed by atoms with Gasteiger partial charge in [0, 0.05) is 6.92 Å². The molecule has 12 nitrogen and oxygen atoms in total. The van der Waals surface area contributed by atoms with Gasteiger partial charge in [-0.3, -0.25) is 4.79 Å². The van der Waals surface area contributed by atoms with Crippen LogP contribution in [-0.2, 0) is 23.7 Å². The van der Waals surface area contributed by atoms with E-state index in [0.717, 1.165) is 0 Å². The number of carbonyl (C=O) groups is 1. The first-order valence-corrected chi connectivity index (χ1v) is 8.97. The lowest BCUT2D eigenvalue weighted by Crippen LogP contribution is -2.67. The normalized spacial score (nSPS) is 42.8. The second-order valence-electron chi connectivity index (χ2n) is 6.75. The van der Waals surface area contributed by atoms with E-state index < -0.39 is 80.5 Å². The Bertz CT molecular complexity index is 584. The number of hydrogen-bond acceptors (Lipinski definition) is 11. The molecule has 166 valence electrons. The van der Waals surface area contributed by atoms with Crippen LogP contribution in [0.15, 0.2) is 0 Å². The summed E-state index contributed by atoms with van der Waals surface area (Å²) in [6.07, 6.45) is -7.64.